The predicted octanol–water partition coefficient (Wildman–Crippen LogP) is 3.39. The summed E-state index contributed by atoms with van der Waals surface area (Å²) in [5, 5.41) is 3.20. The van der Waals surface area contributed by atoms with Gasteiger partial charge in [0.2, 0.25) is 0 Å². The Balaban J connectivity index is 1.60. The molecule has 160 valence electrons. The van der Waals surface area contributed by atoms with E-state index < -0.39 is 9.84 Å². The zero-order valence-corrected chi connectivity index (χ0v) is 18.6. The Morgan fingerprint density at radius 3 is 2.13 bits per heavy atom. The highest BCUT2D eigenvalue weighted by atomic mass is 32.2. The van der Waals surface area contributed by atoms with E-state index in [1.807, 2.05) is 6.07 Å². The van der Waals surface area contributed by atoms with E-state index in [-0.39, 0.29) is 22.0 Å². The van der Waals surface area contributed by atoms with Crippen LogP contribution in [-0.2, 0) is 15.4 Å². The monoisotopic (exact) mass is 427 g/mol. The quantitative estimate of drug-likeness (QED) is 0.812. The minimum atomic E-state index is -3.43. The molecule has 2 aromatic rings. The highest BCUT2D eigenvalue weighted by Gasteiger charge is 2.50. The first-order valence-corrected chi connectivity index (χ1v) is 12.2. The smallest absolute Gasteiger partial charge is 0.322 e. The maximum absolute atomic E-state index is 12.9. The van der Waals surface area contributed by atoms with Crippen LogP contribution in [0.5, 0.6) is 0 Å². The number of nitrogens with zero attached hydrogens (tertiary/aromatic N) is 2. The Morgan fingerprint density at radius 1 is 0.933 bits per heavy atom. The Labute approximate surface area is 178 Å². The van der Waals surface area contributed by atoms with Gasteiger partial charge in [0, 0.05) is 11.8 Å². The summed E-state index contributed by atoms with van der Waals surface area (Å²) in [7, 11) is 0.805. The van der Waals surface area contributed by atoms with E-state index in [1.165, 1.54) is 11.8 Å². The number of hydrogen-bond acceptors (Lipinski definition) is 4. The molecule has 0 unspecified atom stereocenters. The Morgan fingerprint density at radius 2 is 1.53 bits per heavy atom. The molecule has 2 aliphatic rings. The Kier molecular flexibility index (Phi) is 5.14. The second kappa shape index (κ2) is 7.39. The van der Waals surface area contributed by atoms with Gasteiger partial charge in [-0.1, -0.05) is 42.5 Å². The van der Waals surface area contributed by atoms with Crippen LogP contribution in [0.15, 0.2) is 59.5 Å². The molecule has 0 atom stereocenters. The largest absolute Gasteiger partial charge is 0.330 e. The van der Waals surface area contributed by atoms with Gasteiger partial charge in [-0.3, -0.25) is 9.80 Å². The summed E-state index contributed by atoms with van der Waals surface area (Å²) in [4.78, 5) is 17.0. The zero-order valence-electron chi connectivity index (χ0n) is 17.8. The SMILES string of the molecule is CN(C)C1(c2ccccc2)CCC2(CC1)CN(c1ccccc1S(C)(=O)=O)C(=O)N2. The first kappa shape index (κ1) is 20.9. The standard InChI is InChI=1S/C23H29N3O3S/c1-25(2)23(18-9-5-4-6-10-18)15-13-22(14-16-23)17-26(21(27)24-22)19-11-7-8-12-20(19)30(3,28)29/h4-12H,13-17H2,1-3H3,(H,24,27). The maximum Gasteiger partial charge on any atom is 0.322 e. The van der Waals surface area contributed by atoms with Crippen molar-refractivity contribution in [2.75, 3.05) is 31.8 Å². The molecule has 4 rings (SSSR count). The topological polar surface area (TPSA) is 69.7 Å². The summed E-state index contributed by atoms with van der Waals surface area (Å²) in [6.45, 7) is 0.483. The van der Waals surface area contributed by atoms with Crippen molar-refractivity contribution in [3.8, 4) is 0 Å². The lowest BCUT2D eigenvalue weighted by atomic mass is 9.69. The van der Waals surface area contributed by atoms with Gasteiger partial charge in [0.05, 0.1) is 22.7 Å². The van der Waals surface area contributed by atoms with Crippen LogP contribution in [0.1, 0.15) is 31.2 Å². The predicted molar refractivity (Wildman–Crippen MR) is 118 cm³/mol. The number of sulfone groups is 1. The number of urea groups is 1. The van der Waals surface area contributed by atoms with E-state index in [0.717, 1.165) is 25.7 Å². The molecule has 7 heteroatoms. The average molecular weight is 428 g/mol. The van der Waals surface area contributed by atoms with Crippen LogP contribution in [0, 0.1) is 0 Å². The van der Waals surface area contributed by atoms with Crippen molar-refractivity contribution in [2.45, 2.75) is 41.7 Å². The van der Waals surface area contributed by atoms with Crippen LogP contribution in [0.25, 0.3) is 0 Å². The first-order valence-electron chi connectivity index (χ1n) is 10.3. The molecule has 1 heterocycles. The lowest BCUT2D eigenvalue weighted by Gasteiger charge is -2.48. The second-order valence-electron chi connectivity index (χ2n) is 8.83. The summed E-state index contributed by atoms with van der Waals surface area (Å²) in [6, 6.07) is 17.1. The fourth-order valence-corrected chi connectivity index (χ4v) is 5.95. The molecule has 1 aliphatic carbocycles. The molecule has 1 N–H and O–H groups in total. The van der Waals surface area contributed by atoms with Crippen LogP contribution >= 0.6 is 0 Å². The third-order valence-corrected chi connectivity index (χ3v) is 7.98. The van der Waals surface area contributed by atoms with Gasteiger partial charge >= 0.3 is 6.03 Å². The summed E-state index contributed by atoms with van der Waals surface area (Å²) in [5.74, 6) is 0. The first-order chi connectivity index (χ1) is 14.2. The highest BCUT2D eigenvalue weighted by Crippen LogP contribution is 2.46. The van der Waals surface area contributed by atoms with Gasteiger partial charge in [-0.05, 0) is 57.5 Å². The van der Waals surface area contributed by atoms with E-state index in [4.69, 9.17) is 0 Å². The van der Waals surface area contributed by atoms with Crippen molar-refractivity contribution in [1.82, 2.24) is 10.2 Å². The number of carbonyl (C=O) groups excluding carboxylic acids is 1. The van der Waals surface area contributed by atoms with E-state index in [9.17, 15) is 13.2 Å². The lowest BCUT2D eigenvalue weighted by molar-refractivity contribution is 0.0658. The van der Waals surface area contributed by atoms with Crippen molar-refractivity contribution in [3.05, 3.63) is 60.2 Å². The number of nitrogens with one attached hydrogen (secondary N) is 1. The molecule has 1 spiro atoms. The number of benzene rings is 2. The summed E-state index contributed by atoms with van der Waals surface area (Å²) in [5.41, 5.74) is 1.36. The molecule has 2 amide bonds. The van der Waals surface area contributed by atoms with Crippen molar-refractivity contribution in [1.29, 1.82) is 0 Å². The van der Waals surface area contributed by atoms with E-state index in [2.05, 4.69) is 48.6 Å². The average Bonchev–Trinajstić information content (AvgIpc) is 3.04. The van der Waals surface area contributed by atoms with Crippen molar-refractivity contribution in [2.24, 2.45) is 0 Å². The fraction of sp³-hybridized carbons (Fsp3) is 0.435. The van der Waals surface area contributed by atoms with E-state index in [0.29, 0.717) is 12.2 Å². The van der Waals surface area contributed by atoms with Crippen molar-refractivity contribution in [3.63, 3.8) is 0 Å². The van der Waals surface area contributed by atoms with Gasteiger partial charge in [-0.15, -0.1) is 0 Å². The molecular weight excluding hydrogens is 398 g/mol. The normalized spacial score (nSPS) is 26.9. The summed E-state index contributed by atoms with van der Waals surface area (Å²) in [6.07, 6.45) is 4.70. The number of hydrogen-bond donors (Lipinski definition) is 1. The number of rotatable bonds is 4. The molecule has 2 fully saturated rings. The van der Waals surface area contributed by atoms with E-state index in [1.54, 1.807) is 29.2 Å². The van der Waals surface area contributed by atoms with Gasteiger partial charge < -0.3 is 5.32 Å². The molecule has 1 aliphatic heterocycles. The van der Waals surface area contributed by atoms with Crippen LogP contribution < -0.4 is 10.2 Å². The maximum atomic E-state index is 12.9. The van der Waals surface area contributed by atoms with Gasteiger partial charge in [0.15, 0.2) is 9.84 Å². The van der Waals surface area contributed by atoms with Gasteiger partial charge in [-0.2, -0.15) is 0 Å². The Bertz CT molecular complexity index is 1040. The minimum Gasteiger partial charge on any atom is -0.330 e. The molecule has 30 heavy (non-hydrogen) atoms. The van der Waals surface area contributed by atoms with Crippen LogP contribution in [0.4, 0.5) is 10.5 Å². The minimum absolute atomic E-state index is 0.0602. The molecule has 1 saturated carbocycles. The van der Waals surface area contributed by atoms with Crippen LogP contribution in [0.2, 0.25) is 0 Å². The molecule has 6 nitrogen and oxygen atoms in total. The number of carbonyl (C=O) groups is 1. The molecule has 0 aromatic heterocycles. The van der Waals surface area contributed by atoms with Crippen molar-refractivity contribution >= 4 is 21.6 Å². The van der Waals surface area contributed by atoms with Crippen LogP contribution in [-0.4, -0.2) is 51.8 Å². The zero-order chi connectivity index (χ0) is 21.6. The molecule has 1 saturated heterocycles. The molecule has 0 radical (unpaired) electrons. The van der Waals surface area contributed by atoms with Gasteiger partial charge in [0.1, 0.15) is 0 Å². The number of para-hydroxylation sites is 1. The summed E-state index contributed by atoms with van der Waals surface area (Å²) >= 11 is 0. The third kappa shape index (κ3) is 3.50. The molecule has 0 bridgehead atoms. The fourth-order valence-electron chi connectivity index (χ4n) is 5.06. The van der Waals surface area contributed by atoms with Crippen LogP contribution in [0.3, 0.4) is 0 Å². The molecular formula is C23H29N3O3S. The van der Waals surface area contributed by atoms with E-state index >= 15 is 0 Å². The second-order valence-corrected chi connectivity index (χ2v) is 10.8. The Hall–Kier alpha value is -2.38. The third-order valence-electron chi connectivity index (χ3n) is 6.84. The van der Waals surface area contributed by atoms with Gasteiger partial charge in [0.25, 0.3) is 0 Å². The van der Waals surface area contributed by atoms with Crippen molar-refractivity contribution < 1.29 is 13.2 Å². The number of amides is 2. The lowest BCUT2D eigenvalue weighted by Crippen LogP contribution is -2.54. The summed E-state index contributed by atoms with van der Waals surface area (Å²) < 4.78 is 24.5. The molecule has 2 aromatic carbocycles. The number of anilines is 1. The highest BCUT2D eigenvalue weighted by molar-refractivity contribution is 7.90. The van der Waals surface area contributed by atoms with Gasteiger partial charge in [-0.25, -0.2) is 13.2 Å².